The van der Waals surface area contributed by atoms with Gasteiger partial charge in [-0.25, -0.2) is 4.79 Å². The molecule has 0 spiro atoms. The molecular weight excluding hydrogens is 833 g/mol. The Balaban J connectivity index is 1.86. The predicted molar refractivity (Wildman–Crippen MR) is 251 cm³/mol. The Hall–Kier alpha value is -4.85. The van der Waals surface area contributed by atoms with Crippen molar-refractivity contribution in [3.63, 3.8) is 0 Å². The van der Waals surface area contributed by atoms with Crippen LogP contribution < -0.4 is 61.0 Å². The number of hydrogen-bond donors (Lipinski definition) is 12. The molecule has 1 aromatic carbocycles. The van der Waals surface area contributed by atoms with Crippen LogP contribution in [0.4, 0.5) is 0 Å². The molecule has 19 nitrogen and oxygen atoms in total. The second kappa shape index (κ2) is 30.4. The number of rotatable bonds is 30. The van der Waals surface area contributed by atoms with Crippen LogP contribution in [0.15, 0.2) is 35.3 Å². The highest BCUT2D eigenvalue weighted by molar-refractivity contribution is 5.96. The Morgan fingerprint density at radius 1 is 0.585 bits per heavy atom. The first-order chi connectivity index (χ1) is 31.2. The summed E-state index contributed by atoms with van der Waals surface area (Å²) in [6.07, 6.45) is 13.6. The van der Waals surface area contributed by atoms with Crippen LogP contribution in [0.5, 0.6) is 0 Å². The zero-order chi connectivity index (χ0) is 47.6. The fourth-order valence-corrected chi connectivity index (χ4v) is 8.86. The molecule has 2 aliphatic rings. The number of nitrogens with one attached hydrogen (secondary N) is 5. The highest BCUT2D eigenvalue weighted by Gasteiger charge is 2.36. The van der Waals surface area contributed by atoms with Crippen LogP contribution in [0.1, 0.15) is 134 Å². The van der Waals surface area contributed by atoms with Gasteiger partial charge in [-0.15, -0.1) is 0 Å². The molecule has 2 fully saturated rings. The van der Waals surface area contributed by atoms with Gasteiger partial charge in [0.15, 0.2) is 5.96 Å². The molecule has 2 saturated carbocycles. The minimum absolute atomic E-state index is 0.100. The van der Waals surface area contributed by atoms with Crippen LogP contribution in [0.3, 0.4) is 0 Å². The first-order valence-electron chi connectivity index (χ1n) is 24.0. The Morgan fingerprint density at radius 3 is 1.49 bits per heavy atom. The van der Waals surface area contributed by atoms with Crippen molar-refractivity contribution in [2.75, 3.05) is 19.6 Å². The normalized spacial score (nSPS) is 17.8. The van der Waals surface area contributed by atoms with E-state index in [-0.39, 0.29) is 56.4 Å². The summed E-state index contributed by atoms with van der Waals surface area (Å²) in [6, 6.07) is 1.66. The third-order valence-electron chi connectivity index (χ3n) is 12.6. The second-order valence-electron chi connectivity index (χ2n) is 18.0. The number of carboxylic acids is 1. The van der Waals surface area contributed by atoms with Gasteiger partial charge in [-0.3, -0.25) is 29.0 Å². The molecule has 0 heterocycles. The lowest BCUT2D eigenvalue weighted by molar-refractivity contribution is -0.143. The topological polar surface area (TPSA) is 351 Å². The minimum atomic E-state index is -1.45. The maximum Gasteiger partial charge on any atom is 0.327 e. The van der Waals surface area contributed by atoms with E-state index >= 15 is 0 Å². The van der Waals surface area contributed by atoms with Gasteiger partial charge in [-0.05, 0) is 101 Å². The summed E-state index contributed by atoms with van der Waals surface area (Å²) in [7, 11) is 0. The first-order valence-corrected chi connectivity index (χ1v) is 24.0. The molecule has 0 aliphatic heterocycles. The molecule has 0 radical (unpaired) electrons. The number of carbonyl (C=O) groups is 6. The molecule has 18 N–H and O–H groups in total. The van der Waals surface area contributed by atoms with E-state index in [1.807, 2.05) is 30.3 Å². The second-order valence-corrected chi connectivity index (χ2v) is 18.0. The largest absolute Gasteiger partial charge is 0.480 e. The zero-order valence-electron chi connectivity index (χ0n) is 38.4. The van der Waals surface area contributed by atoms with Gasteiger partial charge >= 0.3 is 5.97 Å². The van der Waals surface area contributed by atoms with Crippen molar-refractivity contribution in [3.8, 4) is 0 Å². The van der Waals surface area contributed by atoms with Gasteiger partial charge in [-0.2, -0.15) is 0 Å². The monoisotopic (exact) mass is 913 g/mol. The van der Waals surface area contributed by atoms with Gasteiger partial charge in [0, 0.05) is 12.6 Å². The van der Waals surface area contributed by atoms with Gasteiger partial charge in [-0.1, -0.05) is 94.5 Å². The van der Waals surface area contributed by atoms with Crippen molar-refractivity contribution in [1.82, 2.24) is 26.6 Å². The Morgan fingerprint density at radius 2 is 1.03 bits per heavy atom. The standard InChI is InChI=1S/C46H80N12O7/c47-24-12-10-22-35(54-40(59)34(50)27-30-15-4-1-5-16-30)41(60)55-36(23-11-13-25-48)42(61)56-37(28-31-17-6-2-7-18-31)43(62)57-38(29-32-19-8-3-9-20-32)44(63)58-39(45(64)65)33(49)21-14-26-53-46(51)52/h1,4-5,15-16,31-39H,2-3,6-14,17-29,47-50H2,(H,54,59)(H,55,60)(H,56,61)(H,57,62)(H,58,63)(H,64,65)(H4,51,52,53)/t33?,34-,35-,36-,37+,38-,39+/m0/s1. The van der Waals surface area contributed by atoms with E-state index in [0.717, 1.165) is 69.8 Å². The molecule has 0 bridgehead atoms. The summed E-state index contributed by atoms with van der Waals surface area (Å²) < 4.78 is 0. The average molecular weight is 913 g/mol. The quantitative estimate of drug-likeness (QED) is 0.0287. The Labute approximate surface area is 384 Å². The van der Waals surface area contributed by atoms with E-state index in [0.29, 0.717) is 51.6 Å². The molecule has 3 rings (SSSR count). The number of carboxylic acid groups (broad SMARTS) is 1. The highest BCUT2D eigenvalue weighted by Crippen LogP contribution is 2.29. The van der Waals surface area contributed by atoms with E-state index in [4.69, 9.17) is 34.4 Å². The number of benzene rings is 1. The van der Waals surface area contributed by atoms with Gasteiger partial charge in [0.1, 0.15) is 30.2 Å². The number of aliphatic carboxylic acids is 1. The molecule has 5 amide bonds. The van der Waals surface area contributed by atoms with Gasteiger partial charge in [0.05, 0.1) is 6.04 Å². The molecule has 65 heavy (non-hydrogen) atoms. The van der Waals surface area contributed by atoms with E-state index in [2.05, 4.69) is 31.6 Å². The van der Waals surface area contributed by atoms with E-state index in [1.165, 1.54) is 0 Å². The summed E-state index contributed by atoms with van der Waals surface area (Å²) >= 11 is 0. The average Bonchev–Trinajstić information content (AvgIpc) is 3.29. The molecule has 19 heteroatoms. The van der Waals surface area contributed by atoms with E-state index < -0.39 is 77.8 Å². The van der Waals surface area contributed by atoms with Crippen LogP contribution >= 0.6 is 0 Å². The molecular formula is C46H80N12O7. The summed E-state index contributed by atoms with van der Waals surface area (Å²) in [5, 5.41) is 24.2. The van der Waals surface area contributed by atoms with Crippen LogP contribution in [-0.4, -0.2) is 108 Å². The van der Waals surface area contributed by atoms with Crippen molar-refractivity contribution in [2.24, 2.45) is 51.2 Å². The van der Waals surface area contributed by atoms with Crippen LogP contribution in [0.25, 0.3) is 0 Å². The summed E-state index contributed by atoms with van der Waals surface area (Å²) in [4.78, 5) is 86.7. The lowest BCUT2D eigenvalue weighted by atomic mass is 9.83. The number of guanidine groups is 1. The van der Waals surface area contributed by atoms with Crippen molar-refractivity contribution >= 4 is 41.5 Å². The number of nitrogens with two attached hydrogens (primary N) is 6. The lowest BCUT2D eigenvalue weighted by Gasteiger charge is -2.32. The number of nitrogens with zero attached hydrogens (tertiary/aromatic N) is 1. The van der Waals surface area contributed by atoms with E-state index in [9.17, 15) is 33.9 Å². The molecule has 0 saturated heterocycles. The first kappa shape index (κ1) is 54.5. The molecule has 0 aromatic heterocycles. The molecule has 1 aromatic rings. The number of hydrogen-bond acceptors (Lipinski definition) is 11. The summed E-state index contributed by atoms with van der Waals surface area (Å²) in [6.45, 7) is 0.989. The van der Waals surface area contributed by atoms with Crippen molar-refractivity contribution in [2.45, 2.75) is 177 Å². The number of amides is 5. The third kappa shape index (κ3) is 20.9. The minimum Gasteiger partial charge on any atom is -0.480 e. The third-order valence-corrected chi connectivity index (χ3v) is 12.6. The Kier molecular flexibility index (Phi) is 25.5. The fourth-order valence-electron chi connectivity index (χ4n) is 8.86. The fraction of sp³-hybridized carbons (Fsp3) is 0.717. The zero-order valence-corrected chi connectivity index (χ0v) is 38.4. The number of unbranched alkanes of at least 4 members (excludes halogenated alkanes) is 2. The maximum absolute atomic E-state index is 14.5. The smallest absolute Gasteiger partial charge is 0.327 e. The summed E-state index contributed by atoms with van der Waals surface area (Å²) in [5.74, 6) is -4.14. The van der Waals surface area contributed by atoms with Crippen molar-refractivity contribution in [1.29, 1.82) is 0 Å². The van der Waals surface area contributed by atoms with E-state index in [1.54, 1.807) is 0 Å². The molecule has 366 valence electrons. The van der Waals surface area contributed by atoms with Crippen molar-refractivity contribution in [3.05, 3.63) is 35.9 Å². The predicted octanol–water partition coefficient (Wildman–Crippen LogP) is 0.645. The highest BCUT2D eigenvalue weighted by atomic mass is 16.4. The molecule has 7 atom stereocenters. The van der Waals surface area contributed by atoms with Crippen LogP contribution in [0.2, 0.25) is 0 Å². The van der Waals surface area contributed by atoms with Gasteiger partial charge in [0.2, 0.25) is 29.5 Å². The lowest BCUT2D eigenvalue weighted by Crippen LogP contribution is -2.61. The van der Waals surface area contributed by atoms with Crippen molar-refractivity contribution < 1.29 is 33.9 Å². The number of aliphatic imine (C=N–C) groups is 1. The van der Waals surface area contributed by atoms with Gasteiger partial charge in [0.25, 0.3) is 0 Å². The maximum atomic E-state index is 14.5. The summed E-state index contributed by atoms with van der Waals surface area (Å²) in [5.41, 5.74) is 35.8. The number of carbonyl (C=O) groups excluding carboxylic acids is 5. The molecule has 2 aliphatic carbocycles. The molecule has 1 unspecified atom stereocenters. The van der Waals surface area contributed by atoms with Crippen LogP contribution in [0, 0.1) is 11.8 Å². The SMILES string of the molecule is NCCCC[C@H](NC(=O)[C@H](CCCCN)NC(=O)[C@@H](N)Cc1ccccc1)C(=O)N[C@H](CC1CCCCC1)C(=O)N[C@@H](CC1CCCCC1)C(=O)N[C@@H](C(=O)O)C(N)CCCN=C(N)N. The Bertz CT molecular complexity index is 1640. The van der Waals surface area contributed by atoms with Gasteiger partial charge < -0.3 is 66.1 Å². The van der Waals surface area contributed by atoms with Crippen LogP contribution in [-0.2, 0) is 35.2 Å².